The highest BCUT2D eigenvalue weighted by Gasteiger charge is 2.08. The predicted molar refractivity (Wildman–Crippen MR) is 47.8 cm³/mol. The van der Waals surface area contributed by atoms with E-state index in [0.29, 0.717) is 11.1 Å². The van der Waals surface area contributed by atoms with E-state index < -0.39 is 6.10 Å². The molecule has 0 amide bonds. The topological polar surface area (TPSA) is 40.5 Å². The van der Waals surface area contributed by atoms with Crippen LogP contribution in [0.1, 0.15) is 23.7 Å². The van der Waals surface area contributed by atoms with Crippen molar-refractivity contribution in [2.75, 3.05) is 6.61 Å². The number of halogens is 1. The van der Waals surface area contributed by atoms with Gasteiger partial charge in [0.15, 0.2) is 0 Å². The van der Waals surface area contributed by atoms with Gasteiger partial charge in [0.1, 0.15) is 5.82 Å². The average molecular weight is 184 g/mol. The number of aliphatic hydroxyl groups excluding tert-OH is 2. The molecule has 0 bridgehead atoms. The molecule has 3 heteroatoms. The third-order valence-electron chi connectivity index (χ3n) is 1.98. The summed E-state index contributed by atoms with van der Waals surface area (Å²) in [7, 11) is 0. The minimum Gasteiger partial charge on any atom is -0.396 e. The highest BCUT2D eigenvalue weighted by atomic mass is 19.1. The first kappa shape index (κ1) is 10.2. The highest BCUT2D eigenvalue weighted by Crippen LogP contribution is 2.18. The minimum atomic E-state index is -0.778. The fourth-order valence-electron chi connectivity index (χ4n) is 1.11. The zero-order valence-electron chi connectivity index (χ0n) is 7.50. The molecule has 0 heterocycles. The number of hydrogen-bond donors (Lipinski definition) is 2. The summed E-state index contributed by atoms with van der Waals surface area (Å²) in [5.74, 6) is -0.325. The lowest BCUT2D eigenvalue weighted by Crippen LogP contribution is -2.01. The van der Waals surface area contributed by atoms with Gasteiger partial charge in [0.05, 0.1) is 6.10 Å². The van der Waals surface area contributed by atoms with Crippen molar-refractivity contribution in [1.82, 2.24) is 0 Å². The van der Waals surface area contributed by atoms with Gasteiger partial charge in [0, 0.05) is 13.0 Å². The first-order chi connectivity index (χ1) is 6.15. The lowest BCUT2D eigenvalue weighted by atomic mass is 10.1. The average Bonchev–Trinajstić information content (AvgIpc) is 2.10. The van der Waals surface area contributed by atoms with Crippen LogP contribution >= 0.6 is 0 Å². The second-order valence-corrected chi connectivity index (χ2v) is 3.04. The molecule has 0 aliphatic rings. The van der Waals surface area contributed by atoms with E-state index in [-0.39, 0.29) is 18.8 Å². The molecule has 0 unspecified atom stereocenters. The van der Waals surface area contributed by atoms with Gasteiger partial charge in [-0.05, 0) is 24.1 Å². The Kier molecular flexibility index (Phi) is 3.39. The summed E-state index contributed by atoms with van der Waals surface area (Å²) in [6, 6.07) is 4.58. The quantitative estimate of drug-likeness (QED) is 0.748. The molecule has 2 nitrogen and oxygen atoms in total. The lowest BCUT2D eigenvalue weighted by Gasteiger charge is -2.09. The summed E-state index contributed by atoms with van der Waals surface area (Å²) in [4.78, 5) is 0. The molecule has 1 aromatic rings. The molecule has 0 spiro atoms. The standard InChI is InChI=1S/C10H13FO2/c1-7-2-3-8(6-9(7)11)10(13)4-5-12/h2-3,6,10,12-13H,4-5H2,1H3/t10-/m0/s1. The Bertz CT molecular complexity index is 286. The Morgan fingerprint density at radius 3 is 2.69 bits per heavy atom. The maximum atomic E-state index is 13.0. The van der Waals surface area contributed by atoms with Gasteiger partial charge in [-0.2, -0.15) is 0 Å². The monoisotopic (exact) mass is 184 g/mol. The first-order valence-electron chi connectivity index (χ1n) is 4.20. The second-order valence-electron chi connectivity index (χ2n) is 3.04. The van der Waals surface area contributed by atoms with E-state index in [1.165, 1.54) is 6.07 Å². The molecule has 72 valence electrons. The molecular formula is C10H13FO2. The van der Waals surface area contributed by atoms with E-state index in [1.807, 2.05) is 0 Å². The molecule has 0 aliphatic heterocycles. The molecule has 2 N–H and O–H groups in total. The summed E-state index contributed by atoms with van der Waals surface area (Å²) in [6.45, 7) is 1.56. The molecule has 1 aromatic carbocycles. The van der Waals surface area contributed by atoms with Gasteiger partial charge in [-0.25, -0.2) is 4.39 Å². The number of rotatable bonds is 3. The molecule has 13 heavy (non-hydrogen) atoms. The number of aryl methyl sites for hydroxylation is 1. The SMILES string of the molecule is Cc1ccc([C@@H](O)CCO)cc1F. The van der Waals surface area contributed by atoms with Gasteiger partial charge in [-0.15, -0.1) is 0 Å². The van der Waals surface area contributed by atoms with E-state index in [1.54, 1.807) is 19.1 Å². The van der Waals surface area contributed by atoms with Crippen LogP contribution in [0.2, 0.25) is 0 Å². The maximum Gasteiger partial charge on any atom is 0.126 e. The molecule has 0 saturated carbocycles. The van der Waals surface area contributed by atoms with Gasteiger partial charge in [0.2, 0.25) is 0 Å². The van der Waals surface area contributed by atoms with E-state index in [2.05, 4.69) is 0 Å². The Hall–Kier alpha value is -0.930. The fraction of sp³-hybridized carbons (Fsp3) is 0.400. The fourth-order valence-corrected chi connectivity index (χ4v) is 1.11. The minimum absolute atomic E-state index is 0.101. The van der Waals surface area contributed by atoms with Crippen molar-refractivity contribution in [3.63, 3.8) is 0 Å². The Morgan fingerprint density at radius 2 is 2.15 bits per heavy atom. The van der Waals surface area contributed by atoms with Crippen LogP contribution in [0.15, 0.2) is 18.2 Å². The maximum absolute atomic E-state index is 13.0. The third kappa shape index (κ3) is 2.50. The zero-order valence-corrected chi connectivity index (χ0v) is 7.50. The first-order valence-corrected chi connectivity index (χ1v) is 4.20. The van der Waals surface area contributed by atoms with Gasteiger partial charge >= 0.3 is 0 Å². The van der Waals surface area contributed by atoms with Crippen LogP contribution in [0.3, 0.4) is 0 Å². The van der Waals surface area contributed by atoms with Crippen LogP contribution in [0.25, 0.3) is 0 Å². The molecule has 1 rings (SSSR count). The predicted octanol–water partition coefficient (Wildman–Crippen LogP) is 1.55. The van der Waals surface area contributed by atoms with E-state index in [4.69, 9.17) is 5.11 Å². The van der Waals surface area contributed by atoms with Crippen molar-refractivity contribution in [2.45, 2.75) is 19.4 Å². The Balaban J connectivity index is 2.84. The normalized spacial score (nSPS) is 12.9. The molecule has 1 atom stereocenters. The van der Waals surface area contributed by atoms with Gasteiger partial charge < -0.3 is 10.2 Å². The second kappa shape index (κ2) is 4.35. The molecule has 0 radical (unpaired) electrons. The van der Waals surface area contributed by atoms with E-state index in [9.17, 15) is 9.50 Å². The number of aliphatic hydroxyl groups is 2. The summed E-state index contributed by atoms with van der Waals surface area (Å²) in [5, 5.41) is 18.0. The molecule has 0 aliphatic carbocycles. The smallest absolute Gasteiger partial charge is 0.126 e. The number of hydrogen-bond acceptors (Lipinski definition) is 2. The molecule has 0 aromatic heterocycles. The van der Waals surface area contributed by atoms with Gasteiger partial charge in [-0.1, -0.05) is 12.1 Å². The molecule has 0 saturated heterocycles. The van der Waals surface area contributed by atoms with Crippen molar-refractivity contribution >= 4 is 0 Å². The summed E-state index contributed by atoms with van der Waals surface area (Å²) >= 11 is 0. The van der Waals surface area contributed by atoms with Gasteiger partial charge in [-0.3, -0.25) is 0 Å². The summed E-state index contributed by atoms with van der Waals surface area (Å²) in [5.41, 5.74) is 1.07. The van der Waals surface area contributed by atoms with Crippen LogP contribution in [0, 0.1) is 12.7 Å². The van der Waals surface area contributed by atoms with E-state index in [0.717, 1.165) is 0 Å². The highest BCUT2D eigenvalue weighted by molar-refractivity contribution is 5.24. The lowest BCUT2D eigenvalue weighted by molar-refractivity contribution is 0.134. The van der Waals surface area contributed by atoms with Crippen molar-refractivity contribution in [3.05, 3.63) is 35.1 Å². The van der Waals surface area contributed by atoms with Crippen LogP contribution in [-0.4, -0.2) is 16.8 Å². The van der Waals surface area contributed by atoms with Crippen molar-refractivity contribution < 1.29 is 14.6 Å². The van der Waals surface area contributed by atoms with Crippen molar-refractivity contribution in [2.24, 2.45) is 0 Å². The Morgan fingerprint density at radius 1 is 1.46 bits per heavy atom. The third-order valence-corrected chi connectivity index (χ3v) is 1.98. The Labute approximate surface area is 76.6 Å². The van der Waals surface area contributed by atoms with Crippen LogP contribution in [0.5, 0.6) is 0 Å². The number of benzene rings is 1. The molecule has 0 fully saturated rings. The summed E-state index contributed by atoms with van der Waals surface area (Å²) < 4.78 is 13.0. The largest absolute Gasteiger partial charge is 0.396 e. The van der Waals surface area contributed by atoms with Crippen molar-refractivity contribution in [1.29, 1.82) is 0 Å². The van der Waals surface area contributed by atoms with Crippen LogP contribution in [-0.2, 0) is 0 Å². The van der Waals surface area contributed by atoms with Crippen LogP contribution < -0.4 is 0 Å². The van der Waals surface area contributed by atoms with Gasteiger partial charge in [0.25, 0.3) is 0 Å². The molecular weight excluding hydrogens is 171 g/mol. The van der Waals surface area contributed by atoms with Crippen LogP contribution in [0.4, 0.5) is 4.39 Å². The van der Waals surface area contributed by atoms with Crippen molar-refractivity contribution in [3.8, 4) is 0 Å². The van der Waals surface area contributed by atoms with E-state index >= 15 is 0 Å². The summed E-state index contributed by atoms with van der Waals surface area (Å²) in [6.07, 6.45) is -0.539. The zero-order chi connectivity index (χ0) is 9.84.